The number of hydrogen-bond donors (Lipinski definition) is 4. The summed E-state index contributed by atoms with van der Waals surface area (Å²) in [5.74, 6) is -1.32. The lowest BCUT2D eigenvalue weighted by molar-refractivity contribution is -0.196. The Bertz CT molecular complexity index is 3340. The van der Waals surface area contributed by atoms with Crippen LogP contribution in [0, 0.1) is 11.3 Å². The van der Waals surface area contributed by atoms with E-state index in [1.165, 1.54) is 97.9 Å². The topological polar surface area (TPSA) is 203 Å². The molecule has 0 saturated heterocycles. The van der Waals surface area contributed by atoms with Crippen LogP contribution in [-0.2, 0) is 21.8 Å². The number of nitrogens with one attached hydrogen (secondary N) is 1. The van der Waals surface area contributed by atoms with Gasteiger partial charge in [-0.05, 0) is 145 Å². The van der Waals surface area contributed by atoms with E-state index in [-0.39, 0.29) is 105 Å². The SMILES string of the molecule is C=C(c1ccnc(Cl)c1)C(F)(F)F.FC(F)(F)C1(c2ccnc(Cl)c2)CC1.FC(F)(F)C1(c2ccnc(Cl)c2)CC=NN1.N#Cc1cc(C2(C(F)(F)F)CC2)ccn1.O=C(O)c1cc(C2(C(F)(F)F)CC2)ccn1.OB(O)c1ccnc(Cl)c1. The van der Waals surface area contributed by atoms with Crippen molar-refractivity contribution >= 4 is 76.7 Å². The number of carboxylic acids is 1. The minimum Gasteiger partial charge on any atom is -0.477 e. The summed E-state index contributed by atoms with van der Waals surface area (Å²) < 4.78 is 190. The Morgan fingerprint density at radius 1 is 0.548 bits per heavy atom. The van der Waals surface area contributed by atoms with E-state index in [4.69, 9.17) is 66.8 Å². The fraction of sp³-hybridized carbons (Fsp3) is 0.314. The lowest BCUT2D eigenvalue weighted by Gasteiger charge is -2.31. The van der Waals surface area contributed by atoms with Crippen molar-refractivity contribution in [2.75, 3.05) is 0 Å². The van der Waals surface area contributed by atoms with Gasteiger partial charge >= 0.3 is 44.0 Å². The maximum atomic E-state index is 13.0. The molecule has 0 aromatic carbocycles. The molecule has 3 saturated carbocycles. The van der Waals surface area contributed by atoms with Gasteiger partial charge in [-0.1, -0.05) is 53.0 Å². The van der Waals surface area contributed by atoms with Gasteiger partial charge in [0, 0.05) is 49.8 Å². The Morgan fingerprint density at radius 2 is 0.940 bits per heavy atom. The first-order chi connectivity index (χ1) is 38.9. The third kappa shape index (κ3) is 16.7. The maximum absolute atomic E-state index is 13.0. The summed E-state index contributed by atoms with van der Waals surface area (Å²) in [6, 6.07) is 16.9. The van der Waals surface area contributed by atoms with E-state index in [2.05, 4.69) is 47.0 Å². The highest BCUT2D eigenvalue weighted by Gasteiger charge is 2.66. The molecule has 1 aliphatic heterocycles. The highest BCUT2D eigenvalue weighted by atomic mass is 35.5. The van der Waals surface area contributed by atoms with Crippen LogP contribution in [0.4, 0.5) is 65.9 Å². The Balaban J connectivity index is 0.000000185. The van der Waals surface area contributed by atoms with Gasteiger partial charge in [0.1, 0.15) is 38.1 Å². The van der Waals surface area contributed by atoms with Crippen LogP contribution >= 0.6 is 46.4 Å². The third-order valence-electron chi connectivity index (χ3n) is 13.0. The Morgan fingerprint density at radius 3 is 1.30 bits per heavy atom. The number of carbonyl (C=O) groups is 1. The van der Waals surface area contributed by atoms with Gasteiger partial charge in [-0.3, -0.25) is 5.43 Å². The molecule has 1 unspecified atom stereocenters. The van der Waals surface area contributed by atoms with Crippen molar-refractivity contribution in [1.82, 2.24) is 35.3 Å². The van der Waals surface area contributed by atoms with Crippen LogP contribution < -0.4 is 10.9 Å². The first kappa shape index (κ1) is 68.0. The number of nitriles is 1. The summed E-state index contributed by atoms with van der Waals surface area (Å²) in [5, 5.41) is 38.3. The minimum absolute atomic E-state index is 0.00704. The molecule has 10 rings (SSSR count). The summed E-state index contributed by atoms with van der Waals surface area (Å²) in [6.07, 6.45) is -12.6. The van der Waals surface area contributed by atoms with E-state index in [9.17, 15) is 70.7 Å². The van der Waals surface area contributed by atoms with Gasteiger partial charge in [0.25, 0.3) is 0 Å². The number of carboxylic acid groups (broad SMARTS) is 1. The smallest absolute Gasteiger partial charge is 0.477 e. The Labute approximate surface area is 486 Å². The van der Waals surface area contributed by atoms with Gasteiger partial charge in [0.15, 0.2) is 5.54 Å². The Hall–Kier alpha value is -6.84. The summed E-state index contributed by atoms with van der Waals surface area (Å²) in [7, 11) is -1.47. The van der Waals surface area contributed by atoms with Crippen molar-refractivity contribution in [1.29, 1.82) is 5.26 Å². The Kier molecular flexibility index (Phi) is 21.5. The number of pyridine rings is 6. The quantitative estimate of drug-likeness (QED) is 0.0670. The monoisotopic (exact) mass is 1280 g/mol. The van der Waals surface area contributed by atoms with Crippen LogP contribution in [-0.4, -0.2) is 95.2 Å². The first-order valence-electron chi connectivity index (χ1n) is 23.6. The van der Waals surface area contributed by atoms with E-state index in [0.29, 0.717) is 5.46 Å². The summed E-state index contributed by atoms with van der Waals surface area (Å²) in [6.45, 7) is 2.93. The number of rotatable bonds is 7. The van der Waals surface area contributed by atoms with Gasteiger partial charge < -0.3 is 15.2 Å². The zero-order chi connectivity index (χ0) is 62.9. The molecule has 13 nitrogen and oxygen atoms in total. The van der Waals surface area contributed by atoms with Crippen molar-refractivity contribution in [2.45, 2.75) is 97.6 Å². The first-order valence-corrected chi connectivity index (χ1v) is 25.1. The maximum Gasteiger partial charge on any atom is 0.488 e. The number of alkyl halides is 15. The zero-order valence-corrected chi connectivity index (χ0v) is 45.2. The highest BCUT2D eigenvalue weighted by molar-refractivity contribution is 6.58. The molecule has 33 heteroatoms. The second kappa shape index (κ2) is 26.6. The third-order valence-corrected chi connectivity index (χ3v) is 13.9. The van der Waals surface area contributed by atoms with Crippen molar-refractivity contribution < 1.29 is 85.8 Å². The van der Waals surface area contributed by atoms with Crippen molar-refractivity contribution in [3.05, 3.63) is 176 Å². The second-order valence-electron chi connectivity index (χ2n) is 18.4. The molecule has 3 fully saturated rings. The molecule has 6 aromatic heterocycles. The van der Waals surface area contributed by atoms with Crippen LogP contribution in [0.25, 0.3) is 5.57 Å². The van der Waals surface area contributed by atoms with Crippen LogP contribution in [0.5, 0.6) is 0 Å². The number of aromatic carboxylic acids is 1. The number of nitrogens with zero attached hydrogens (tertiary/aromatic N) is 8. The molecule has 3 aliphatic carbocycles. The van der Waals surface area contributed by atoms with Crippen molar-refractivity contribution in [3.8, 4) is 6.07 Å². The molecule has 0 radical (unpaired) electrons. The second-order valence-corrected chi connectivity index (χ2v) is 20.0. The van der Waals surface area contributed by atoms with Gasteiger partial charge in [-0.15, -0.1) is 0 Å². The van der Waals surface area contributed by atoms with E-state index < -0.39 is 71.3 Å². The highest BCUT2D eigenvalue weighted by Crippen LogP contribution is 2.61. The standard InChI is InChI=1S/C10H7F3N2.C10H8F3NO2.C9H7ClF3N3.C9H7ClF3N.C8H5ClF3N.C5H5BClNO2/c11-10(12,13)9(2-3-9)7-1-4-15-8(5-7)6-14;11-10(12,13)9(2-3-9)6-1-4-14-7(5-6)8(15)16;10-7-5-6(1-3-14-7)8(9(11,12)13)2-4-15-16-8;10-7-5-6(1-4-14-7)8(2-3-8)9(11,12)13;1-5(8(10,11)12)6-2-3-13-7(9)4-6;7-5-3-4(6(9)10)1-2-8-5/h1,4-5H,2-3H2;1,4-5H,2-3H2,(H,15,16);1,3-5,16H,2H2;1,4-5H,2-3H2;2-4H,1H2;1-3,9-10H. The van der Waals surface area contributed by atoms with Crippen LogP contribution in [0.15, 0.2) is 122 Å². The molecule has 0 amide bonds. The molecule has 4 N–H and O–H groups in total. The van der Waals surface area contributed by atoms with Crippen LogP contribution in [0.3, 0.4) is 0 Å². The van der Waals surface area contributed by atoms with E-state index in [1.807, 2.05) is 0 Å². The number of hydrogen-bond acceptors (Lipinski definition) is 12. The van der Waals surface area contributed by atoms with E-state index in [0.717, 1.165) is 18.3 Å². The number of allylic oxidation sites excluding steroid dienone is 1. The molecular formula is C51H39BCl4F15N9O4. The molecule has 84 heavy (non-hydrogen) atoms. The van der Waals surface area contributed by atoms with Gasteiger partial charge in [0.2, 0.25) is 0 Å². The molecule has 6 aromatic rings. The van der Waals surface area contributed by atoms with Crippen molar-refractivity contribution in [2.24, 2.45) is 5.10 Å². The van der Waals surface area contributed by atoms with Crippen LogP contribution in [0.2, 0.25) is 20.6 Å². The summed E-state index contributed by atoms with van der Waals surface area (Å²) in [5.41, 5.74) is -5.86. The normalized spacial score (nSPS) is 17.5. The molecular weight excluding hydrogens is 1240 g/mol. The fourth-order valence-electron chi connectivity index (χ4n) is 7.83. The largest absolute Gasteiger partial charge is 0.488 e. The number of aromatic nitrogens is 6. The van der Waals surface area contributed by atoms with Crippen LogP contribution in [0.1, 0.15) is 88.9 Å². The average molecular weight is 1280 g/mol. The molecule has 1 atom stereocenters. The van der Waals surface area contributed by atoms with Gasteiger partial charge in [0.05, 0.1) is 21.8 Å². The summed E-state index contributed by atoms with van der Waals surface area (Å²) in [4.78, 5) is 32.3. The van der Waals surface area contributed by atoms with Gasteiger partial charge in [-0.2, -0.15) is 76.2 Å². The minimum atomic E-state index is -4.45. The molecule has 7 heterocycles. The predicted octanol–water partition coefficient (Wildman–Crippen LogP) is 13.4. The average Bonchev–Trinajstić information content (AvgIpc) is 1.77. The lowest BCUT2D eigenvalue weighted by atomic mass is 9.81. The van der Waals surface area contributed by atoms with E-state index in [1.54, 1.807) is 6.07 Å². The summed E-state index contributed by atoms with van der Waals surface area (Å²) >= 11 is 22.0. The molecule has 0 bridgehead atoms. The molecule has 448 valence electrons. The van der Waals surface area contributed by atoms with Crippen molar-refractivity contribution in [3.63, 3.8) is 0 Å². The number of halogens is 19. The van der Waals surface area contributed by atoms with E-state index >= 15 is 0 Å². The fourth-order valence-corrected chi connectivity index (χ4v) is 8.53. The molecule has 4 aliphatic rings. The zero-order valence-electron chi connectivity index (χ0n) is 42.2. The lowest BCUT2D eigenvalue weighted by Crippen LogP contribution is -2.49. The van der Waals surface area contributed by atoms with Gasteiger partial charge in [-0.25, -0.2) is 34.7 Å². The predicted molar refractivity (Wildman–Crippen MR) is 277 cm³/mol. The molecule has 0 spiro atoms. The number of hydrazone groups is 1.